The Balaban J connectivity index is 1.68. The summed E-state index contributed by atoms with van der Waals surface area (Å²) in [4.78, 5) is 18.9. The monoisotopic (exact) mass is 461 g/mol. The maximum atomic E-state index is 11.8. The number of hydrogen-bond donors (Lipinski definition) is 2. The Labute approximate surface area is 205 Å². The summed E-state index contributed by atoms with van der Waals surface area (Å²) in [7, 11) is 0. The van der Waals surface area contributed by atoms with Crippen molar-refractivity contribution >= 4 is 5.91 Å². The van der Waals surface area contributed by atoms with E-state index in [-0.39, 0.29) is 5.91 Å². The average molecular weight is 462 g/mol. The zero-order valence-electron chi connectivity index (χ0n) is 22.0. The lowest BCUT2D eigenvalue weighted by Gasteiger charge is -2.05. The van der Waals surface area contributed by atoms with Crippen LogP contribution in [0.2, 0.25) is 0 Å². The normalized spacial score (nSPS) is 11.2. The van der Waals surface area contributed by atoms with Gasteiger partial charge in [-0.2, -0.15) is 0 Å². The van der Waals surface area contributed by atoms with Gasteiger partial charge in [-0.25, -0.2) is 4.98 Å². The highest BCUT2D eigenvalue weighted by atomic mass is 16.1. The molecule has 1 aromatic heterocycles. The molecular formula is C29H55N3O. The number of amides is 1. The fourth-order valence-corrected chi connectivity index (χ4v) is 4.56. The van der Waals surface area contributed by atoms with Crippen molar-refractivity contribution in [3.8, 4) is 0 Å². The number of carbonyl (C=O) groups is 1. The van der Waals surface area contributed by atoms with E-state index in [2.05, 4.69) is 22.2 Å². The van der Waals surface area contributed by atoms with Gasteiger partial charge in [0.15, 0.2) is 0 Å². The van der Waals surface area contributed by atoms with Gasteiger partial charge in [0, 0.05) is 31.3 Å². The van der Waals surface area contributed by atoms with Crippen molar-refractivity contribution in [2.24, 2.45) is 0 Å². The maximum Gasteiger partial charge on any atom is 0.220 e. The van der Waals surface area contributed by atoms with E-state index in [0.717, 1.165) is 18.5 Å². The molecule has 0 aliphatic heterocycles. The van der Waals surface area contributed by atoms with Crippen LogP contribution in [0, 0.1) is 0 Å². The summed E-state index contributed by atoms with van der Waals surface area (Å²) >= 11 is 0. The number of aromatic amines is 1. The van der Waals surface area contributed by atoms with Crippen LogP contribution < -0.4 is 5.32 Å². The molecule has 2 N–H and O–H groups in total. The second-order valence-electron chi connectivity index (χ2n) is 10.00. The lowest BCUT2D eigenvalue weighted by molar-refractivity contribution is -0.121. The van der Waals surface area contributed by atoms with Crippen LogP contribution in [0.1, 0.15) is 154 Å². The minimum Gasteiger partial charge on any atom is -0.356 e. The molecule has 0 saturated heterocycles. The Kier molecular flexibility index (Phi) is 21.5. The highest BCUT2D eigenvalue weighted by Crippen LogP contribution is 2.15. The summed E-state index contributed by atoms with van der Waals surface area (Å²) in [6.45, 7) is 2.99. The molecule has 0 aliphatic rings. The fraction of sp³-hybridized carbons (Fsp3) is 0.862. The zero-order chi connectivity index (χ0) is 23.7. The number of rotatable bonds is 25. The summed E-state index contributed by atoms with van der Waals surface area (Å²) in [5, 5.41) is 3.00. The number of aromatic nitrogens is 2. The van der Waals surface area contributed by atoms with Crippen molar-refractivity contribution in [3.63, 3.8) is 0 Å². The van der Waals surface area contributed by atoms with Crippen molar-refractivity contribution in [3.05, 3.63) is 18.2 Å². The number of H-pyrrole nitrogens is 1. The largest absolute Gasteiger partial charge is 0.356 e. The summed E-state index contributed by atoms with van der Waals surface area (Å²) in [6.07, 6.45) is 34.2. The van der Waals surface area contributed by atoms with Crippen molar-refractivity contribution in [2.45, 2.75) is 155 Å². The summed E-state index contributed by atoms with van der Waals surface area (Å²) in [5.41, 5.74) is 1.07. The van der Waals surface area contributed by atoms with Gasteiger partial charge in [-0.15, -0.1) is 0 Å². The fourth-order valence-electron chi connectivity index (χ4n) is 4.56. The lowest BCUT2D eigenvalue weighted by Crippen LogP contribution is -2.25. The van der Waals surface area contributed by atoms with Gasteiger partial charge in [-0.3, -0.25) is 4.79 Å². The summed E-state index contributed by atoms with van der Waals surface area (Å²) < 4.78 is 0. The molecule has 1 rings (SSSR count). The average Bonchev–Trinajstić information content (AvgIpc) is 3.33. The molecular weight excluding hydrogens is 406 g/mol. The number of carbonyl (C=O) groups excluding carboxylic acids is 1. The van der Waals surface area contributed by atoms with Crippen LogP contribution in [0.25, 0.3) is 0 Å². The first-order valence-electron chi connectivity index (χ1n) is 14.6. The highest BCUT2D eigenvalue weighted by Gasteiger charge is 2.01. The highest BCUT2D eigenvalue weighted by molar-refractivity contribution is 5.75. The van der Waals surface area contributed by atoms with E-state index in [9.17, 15) is 4.79 Å². The van der Waals surface area contributed by atoms with Crippen LogP contribution in [0.4, 0.5) is 0 Å². The Hall–Kier alpha value is -1.32. The molecule has 0 spiro atoms. The molecule has 1 amide bonds. The third kappa shape index (κ3) is 21.0. The van der Waals surface area contributed by atoms with Gasteiger partial charge in [0.1, 0.15) is 0 Å². The second kappa shape index (κ2) is 23.8. The van der Waals surface area contributed by atoms with E-state index in [1.54, 1.807) is 6.33 Å². The molecule has 0 atom stereocenters. The molecule has 0 unspecified atom stereocenters. The molecule has 0 bridgehead atoms. The Morgan fingerprint density at radius 3 is 1.52 bits per heavy atom. The molecule has 0 aliphatic carbocycles. The maximum absolute atomic E-state index is 11.8. The Morgan fingerprint density at radius 2 is 1.12 bits per heavy atom. The number of imidazole rings is 1. The summed E-state index contributed by atoms with van der Waals surface area (Å²) in [5.74, 6) is 0.187. The third-order valence-corrected chi connectivity index (χ3v) is 6.78. The molecule has 1 aromatic rings. The molecule has 33 heavy (non-hydrogen) atoms. The van der Waals surface area contributed by atoms with Crippen LogP contribution >= 0.6 is 0 Å². The molecule has 0 fully saturated rings. The third-order valence-electron chi connectivity index (χ3n) is 6.78. The van der Waals surface area contributed by atoms with E-state index in [1.807, 2.05) is 6.20 Å². The van der Waals surface area contributed by atoms with Crippen molar-refractivity contribution < 1.29 is 4.79 Å². The van der Waals surface area contributed by atoms with Crippen molar-refractivity contribution in [1.29, 1.82) is 0 Å². The van der Waals surface area contributed by atoms with Gasteiger partial charge in [-0.1, -0.05) is 135 Å². The standard InChI is InChI=1S/C29H55N3O/c1-2-3-4-5-6-7-8-9-10-11-12-13-14-15-16-17-18-19-20-21-22-23-29(33)31-25-24-28-26-30-27-32-28/h26-27H,2-25H2,1H3,(H,30,32)(H,31,33). The van der Waals surface area contributed by atoms with Gasteiger partial charge in [0.2, 0.25) is 5.91 Å². The molecule has 4 nitrogen and oxygen atoms in total. The van der Waals surface area contributed by atoms with Crippen LogP contribution in [0.15, 0.2) is 12.5 Å². The molecule has 4 heteroatoms. The van der Waals surface area contributed by atoms with Crippen molar-refractivity contribution in [2.75, 3.05) is 6.54 Å². The van der Waals surface area contributed by atoms with Crippen LogP contribution in [-0.2, 0) is 11.2 Å². The van der Waals surface area contributed by atoms with E-state index in [0.29, 0.717) is 13.0 Å². The van der Waals surface area contributed by atoms with E-state index >= 15 is 0 Å². The molecule has 0 saturated carbocycles. The van der Waals surface area contributed by atoms with Crippen molar-refractivity contribution in [1.82, 2.24) is 15.3 Å². The van der Waals surface area contributed by atoms with Crippen LogP contribution in [-0.4, -0.2) is 22.4 Å². The molecule has 192 valence electrons. The van der Waals surface area contributed by atoms with Crippen LogP contribution in [0.5, 0.6) is 0 Å². The lowest BCUT2D eigenvalue weighted by atomic mass is 10.0. The predicted molar refractivity (Wildman–Crippen MR) is 143 cm³/mol. The molecule has 0 radical (unpaired) electrons. The smallest absolute Gasteiger partial charge is 0.220 e. The minimum absolute atomic E-state index is 0.187. The number of nitrogens with zero attached hydrogens (tertiary/aromatic N) is 1. The topological polar surface area (TPSA) is 57.8 Å². The minimum atomic E-state index is 0.187. The zero-order valence-corrected chi connectivity index (χ0v) is 22.0. The number of hydrogen-bond acceptors (Lipinski definition) is 2. The SMILES string of the molecule is CCCCCCCCCCCCCCCCCCCCCCCC(=O)NCCc1cnc[nH]1. The molecule has 0 aromatic carbocycles. The van der Waals surface area contributed by atoms with E-state index in [1.165, 1.54) is 128 Å². The number of unbranched alkanes of at least 4 members (excludes halogenated alkanes) is 20. The first kappa shape index (κ1) is 29.7. The Bertz CT molecular complexity index is 515. The van der Waals surface area contributed by atoms with Gasteiger partial charge in [-0.05, 0) is 6.42 Å². The molecule has 1 heterocycles. The van der Waals surface area contributed by atoms with Gasteiger partial charge in [0.25, 0.3) is 0 Å². The van der Waals surface area contributed by atoms with E-state index < -0.39 is 0 Å². The van der Waals surface area contributed by atoms with Gasteiger partial charge in [0.05, 0.1) is 6.33 Å². The van der Waals surface area contributed by atoms with E-state index in [4.69, 9.17) is 0 Å². The van der Waals surface area contributed by atoms with Gasteiger partial charge >= 0.3 is 0 Å². The van der Waals surface area contributed by atoms with Gasteiger partial charge < -0.3 is 10.3 Å². The summed E-state index contributed by atoms with van der Waals surface area (Å²) in [6, 6.07) is 0. The Morgan fingerprint density at radius 1 is 0.697 bits per heavy atom. The first-order chi connectivity index (χ1) is 16.3. The second-order valence-corrected chi connectivity index (χ2v) is 10.00. The van der Waals surface area contributed by atoms with Crippen LogP contribution in [0.3, 0.4) is 0 Å². The first-order valence-corrected chi connectivity index (χ1v) is 14.6. The predicted octanol–water partition coefficient (Wildman–Crippen LogP) is 8.67. The quantitative estimate of drug-likeness (QED) is 0.143. The number of nitrogens with one attached hydrogen (secondary N) is 2.